The number of halogens is 2. The van der Waals surface area contributed by atoms with Gasteiger partial charge < -0.3 is 15.5 Å². The number of hydrogen-bond acceptors (Lipinski definition) is 4. The van der Waals surface area contributed by atoms with Crippen LogP contribution in [0.15, 0.2) is 42.5 Å². The average molecular weight is 397 g/mol. The molecule has 2 aromatic carbocycles. The normalized spacial score (nSPS) is 11.9. The molecule has 0 saturated carbocycles. The van der Waals surface area contributed by atoms with Crippen molar-refractivity contribution in [1.82, 2.24) is 10.2 Å². The number of hydrogen-bond donors (Lipinski definition) is 2. The first-order chi connectivity index (χ1) is 12.3. The summed E-state index contributed by atoms with van der Waals surface area (Å²) in [5, 5.41) is 17.3. The highest BCUT2D eigenvalue weighted by atomic mass is 35.5. The quantitative estimate of drug-likeness (QED) is 0.437. The second-order valence-corrected chi connectivity index (χ2v) is 6.57. The van der Waals surface area contributed by atoms with Gasteiger partial charge in [0.1, 0.15) is 5.82 Å². The predicted molar refractivity (Wildman–Crippen MR) is 105 cm³/mol. The molecule has 0 aliphatic rings. The number of nitrogens with zero attached hydrogens (tertiary/aromatic N) is 2. The first-order valence-corrected chi connectivity index (χ1v) is 8.48. The van der Waals surface area contributed by atoms with Gasteiger partial charge in [0.15, 0.2) is 5.11 Å². The van der Waals surface area contributed by atoms with Gasteiger partial charge in [0, 0.05) is 35.0 Å². The third-order valence-corrected chi connectivity index (χ3v) is 4.32. The number of anilines is 1. The van der Waals surface area contributed by atoms with E-state index in [1.165, 1.54) is 18.2 Å². The lowest BCUT2D eigenvalue weighted by Gasteiger charge is -2.27. The van der Waals surface area contributed by atoms with Crippen molar-refractivity contribution in [2.45, 2.75) is 6.04 Å². The highest BCUT2D eigenvalue weighted by Crippen LogP contribution is 2.28. The zero-order chi connectivity index (χ0) is 19.3. The van der Waals surface area contributed by atoms with Crippen LogP contribution < -0.4 is 10.6 Å². The lowest BCUT2D eigenvalue weighted by Crippen LogP contribution is -2.37. The molecule has 26 heavy (non-hydrogen) atoms. The maximum atomic E-state index is 14.2. The Bertz CT molecular complexity index is 782. The number of rotatable bonds is 6. The fourth-order valence-corrected chi connectivity index (χ4v) is 2.89. The molecular formula is C17H18ClFN4O2S. The Morgan fingerprint density at radius 3 is 2.50 bits per heavy atom. The van der Waals surface area contributed by atoms with Gasteiger partial charge in [0.05, 0.1) is 11.0 Å². The first-order valence-electron chi connectivity index (χ1n) is 7.69. The molecule has 0 saturated heterocycles. The van der Waals surface area contributed by atoms with Crippen molar-refractivity contribution in [3.05, 3.63) is 69.0 Å². The van der Waals surface area contributed by atoms with Gasteiger partial charge in [0.25, 0.3) is 5.69 Å². The molecule has 0 spiro atoms. The Morgan fingerprint density at radius 1 is 1.31 bits per heavy atom. The molecule has 6 nitrogen and oxygen atoms in total. The van der Waals surface area contributed by atoms with Crippen molar-refractivity contribution >= 4 is 40.3 Å². The summed E-state index contributed by atoms with van der Waals surface area (Å²) < 4.78 is 14.2. The van der Waals surface area contributed by atoms with E-state index in [-0.39, 0.29) is 17.5 Å². The molecule has 0 unspecified atom stereocenters. The van der Waals surface area contributed by atoms with Gasteiger partial charge in [-0.1, -0.05) is 17.7 Å². The lowest BCUT2D eigenvalue weighted by atomic mass is 10.1. The summed E-state index contributed by atoms with van der Waals surface area (Å²) in [6.07, 6.45) is 0. The van der Waals surface area contributed by atoms with E-state index in [1.54, 1.807) is 24.3 Å². The molecular weight excluding hydrogens is 379 g/mol. The zero-order valence-corrected chi connectivity index (χ0v) is 15.8. The van der Waals surface area contributed by atoms with E-state index in [1.807, 2.05) is 19.0 Å². The van der Waals surface area contributed by atoms with Crippen molar-refractivity contribution in [2.75, 3.05) is 26.0 Å². The number of non-ortho nitro benzene ring substituents is 1. The molecule has 9 heteroatoms. The maximum Gasteiger partial charge on any atom is 0.269 e. The molecule has 2 N–H and O–H groups in total. The number of nitro groups is 1. The number of benzene rings is 2. The van der Waals surface area contributed by atoms with Crippen LogP contribution in [-0.4, -0.2) is 35.6 Å². The maximum absolute atomic E-state index is 14.2. The number of likely N-dealkylation sites (N-methyl/N-ethyl adjacent to an activating group) is 1. The molecule has 2 rings (SSSR count). The first kappa shape index (κ1) is 20.0. The second-order valence-electron chi connectivity index (χ2n) is 5.75. The number of nitro benzene ring substituents is 1. The van der Waals surface area contributed by atoms with Crippen LogP contribution in [0.4, 0.5) is 15.8 Å². The van der Waals surface area contributed by atoms with Gasteiger partial charge in [-0.3, -0.25) is 10.1 Å². The SMILES string of the molecule is CN(C)[C@H](CNC(=S)Nc1ccc([N+](=O)[O-])cc1)c1c(F)cccc1Cl. The van der Waals surface area contributed by atoms with Crippen LogP contribution in [0, 0.1) is 15.9 Å². The molecule has 1 atom stereocenters. The monoisotopic (exact) mass is 396 g/mol. The van der Waals surface area contributed by atoms with E-state index in [0.717, 1.165) is 0 Å². The van der Waals surface area contributed by atoms with Crippen LogP contribution in [0.25, 0.3) is 0 Å². The third-order valence-electron chi connectivity index (χ3n) is 3.75. The molecule has 0 fully saturated rings. The van der Waals surface area contributed by atoms with Crippen molar-refractivity contribution in [3.8, 4) is 0 Å². The second kappa shape index (κ2) is 8.88. The summed E-state index contributed by atoms with van der Waals surface area (Å²) >= 11 is 11.4. The molecule has 0 bridgehead atoms. The summed E-state index contributed by atoms with van der Waals surface area (Å²) in [6, 6.07) is 10.1. The van der Waals surface area contributed by atoms with Crippen molar-refractivity contribution in [3.63, 3.8) is 0 Å². The van der Waals surface area contributed by atoms with Crippen molar-refractivity contribution in [1.29, 1.82) is 0 Å². The number of thiocarbonyl (C=S) groups is 1. The van der Waals surface area contributed by atoms with Crippen LogP contribution in [-0.2, 0) is 0 Å². The molecule has 0 amide bonds. The Kier molecular flexibility index (Phi) is 6.84. The Labute approximate surface area is 161 Å². The topological polar surface area (TPSA) is 70.4 Å². The molecule has 0 aliphatic carbocycles. The number of nitrogens with one attached hydrogen (secondary N) is 2. The third kappa shape index (κ3) is 5.10. The van der Waals surface area contributed by atoms with Gasteiger partial charge in [-0.05, 0) is 50.6 Å². The van der Waals surface area contributed by atoms with Gasteiger partial charge >= 0.3 is 0 Å². The van der Waals surface area contributed by atoms with Gasteiger partial charge in [-0.15, -0.1) is 0 Å². The van der Waals surface area contributed by atoms with E-state index in [4.69, 9.17) is 23.8 Å². The summed E-state index contributed by atoms with van der Waals surface area (Å²) in [7, 11) is 3.64. The summed E-state index contributed by atoms with van der Waals surface area (Å²) in [4.78, 5) is 12.0. The van der Waals surface area contributed by atoms with E-state index >= 15 is 0 Å². The van der Waals surface area contributed by atoms with E-state index < -0.39 is 4.92 Å². The standard InChI is InChI=1S/C17H18ClFN4O2S/c1-22(2)15(16-13(18)4-3-5-14(16)19)10-20-17(26)21-11-6-8-12(9-7-11)23(24)25/h3-9,15H,10H2,1-2H3,(H2,20,21,26)/t15-/m1/s1. The van der Waals surface area contributed by atoms with Crippen molar-refractivity contribution < 1.29 is 9.31 Å². The van der Waals surface area contributed by atoms with Crippen LogP contribution in [0.3, 0.4) is 0 Å². The highest BCUT2D eigenvalue weighted by molar-refractivity contribution is 7.80. The molecule has 0 heterocycles. The minimum Gasteiger partial charge on any atom is -0.361 e. The predicted octanol–water partition coefficient (Wildman–Crippen LogP) is 3.98. The fourth-order valence-electron chi connectivity index (χ4n) is 2.40. The van der Waals surface area contributed by atoms with Crippen LogP contribution >= 0.6 is 23.8 Å². The van der Waals surface area contributed by atoms with Crippen LogP contribution in [0.5, 0.6) is 0 Å². The summed E-state index contributed by atoms with van der Waals surface area (Å²) in [5.41, 5.74) is 1.000. The minimum absolute atomic E-state index is 0.00343. The van der Waals surface area contributed by atoms with Crippen LogP contribution in [0.1, 0.15) is 11.6 Å². The van der Waals surface area contributed by atoms with E-state index in [9.17, 15) is 14.5 Å². The minimum atomic E-state index is -0.472. The molecule has 0 aliphatic heterocycles. The summed E-state index contributed by atoms with van der Waals surface area (Å²) in [6.45, 7) is 0.326. The van der Waals surface area contributed by atoms with Gasteiger partial charge in [-0.2, -0.15) is 0 Å². The van der Waals surface area contributed by atoms with Crippen LogP contribution in [0.2, 0.25) is 5.02 Å². The van der Waals surface area contributed by atoms with Crippen molar-refractivity contribution in [2.24, 2.45) is 0 Å². The van der Waals surface area contributed by atoms with Gasteiger partial charge in [-0.25, -0.2) is 4.39 Å². The smallest absolute Gasteiger partial charge is 0.269 e. The highest BCUT2D eigenvalue weighted by Gasteiger charge is 2.21. The zero-order valence-electron chi connectivity index (χ0n) is 14.2. The van der Waals surface area contributed by atoms with Gasteiger partial charge in [0.2, 0.25) is 0 Å². The summed E-state index contributed by atoms with van der Waals surface area (Å²) in [5.74, 6) is -0.382. The lowest BCUT2D eigenvalue weighted by molar-refractivity contribution is -0.384. The molecule has 0 radical (unpaired) electrons. The Morgan fingerprint density at radius 2 is 1.96 bits per heavy atom. The largest absolute Gasteiger partial charge is 0.361 e. The average Bonchev–Trinajstić information content (AvgIpc) is 2.57. The fraction of sp³-hybridized carbons (Fsp3) is 0.235. The Hall–Kier alpha value is -2.29. The molecule has 2 aromatic rings. The molecule has 138 valence electrons. The van der Waals surface area contributed by atoms with E-state index in [2.05, 4.69) is 10.6 Å². The Balaban J connectivity index is 2.02. The molecule has 0 aromatic heterocycles. The van der Waals surface area contributed by atoms with E-state index in [0.29, 0.717) is 27.9 Å².